The number of rotatable bonds is 6. The number of benzene rings is 4. The third-order valence-electron chi connectivity index (χ3n) is 7.95. The number of carbonyl (C=O) groups excluding carboxylic acids is 2. The van der Waals surface area contributed by atoms with Crippen LogP contribution in [0.1, 0.15) is 32.1 Å². The summed E-state index contributed by atoms with van der Waals surface area (Å²) in [5.41, 5.74) is 3.11. The lowest BCUT2D eigenvalue weighted by Gasteiger charge is -2.08. The molecule has 2 N–H and O–H groups in total. The van der Waals surface area contributed by atoms with Gasteiger partial charge >= 0.3 is 0 Å². The highest BCUT2D eigenvalue weighted by atomic mass is 16.2. The molecular weight excluding hydrogens is 556 g/mol. The lowest BCUT2D eigenvalue weighted by Crippen LogP contribution is -2.23. The summed E-state index contributed by atoms with van der Waals surface area (Å²) >= 11 is 0. The molecule has 2 heterocycles. The van der Waals surface area contributed by atoms with E-state index in [-0.39, 0.29) is 22.5 Å². The summed E-state index contributed by atoms with van der Waals surface area (Å²) < 4.78 is 6.42. The van der Waals surface area contributed by atoms with Crippen LogP contribution >= 0.6 is 0 Å². The molecule has 2 amide bonds. The Morgan fingerprint density at radius 1 is 0.545 bits per heavy atom. The number of nitrogens with one attached hydrogen (secondary N) is 2. The lowest BCUT2D eigenvalue weighted by molar-refractivity contribution is 0.101. The fourth-order valence-electron chi connectivity index (χ4n) is 5.32. The molecule has 0 unspecified atom stereocenters. The Hall–Kier alpha value is -5.90. The number of hydrogen-bond acceptors (Lipinski definition) is 4. The monoisotopic (exact) mass is 586 g/mol. The van der Waals surface area contributed by atoms with Gasteiger partial charge < -0.3 is 10.6 Å². The van der Waals surface area contributed by atoms with Crippen LogP contribution in [0.3, 0.4) is 0 Å². The summed E-state index contributed by atoms with van der Waals surface area (Å²) in [6, 6.07) is 28.6. The zero-order valence-electron chi connectivity index (χ0n) is 24.7. The smallest absolute Gasteiger partial charge is 0.295 e. The van der Waals surface area contributed by atoms with E-state index in [9.17, 15) is 19.2 Å². The molecule has 0 fully saturated rings. The predicted molar refractivity (Wildman–Crippen MR) is 171 cm³/mol. The molecule has 0 bridgehead atoms. The first-order valence-electron chi connectivity index (χ1n) is 14.0. The molecule has 0 aliphatic carbocycles. The van der Waals surface area contributed by atoms with Gasteiger partial charge in [0.2, 0.25) is 0 Å². The maximum atomic E-state index is 13.2. The first-order valence-corrected chi connectivity index (χ1v) is 14.0. The van der Waals surface area contributed by atoms with Crippen molar-refractivity contribution in [3.8, 4) is 11.4 Å². The second kappa shape index (κ2) is 11.1. The summed E-state index contributed by atoms with van der Waals surface area (Å²) in [5.74, 6) is -0.844. The summed E-state index contributed by atoms with van der Waals surface area (Å²) in [6.45, 7) is 3.55. The Bertz CT molecular complexity index is 2030. The van der Waals surface area contributed by atoms with Crippen LogP contribution in [0, 0.1) is 13.8 Å². The summed E-state index contributed by atoms with van der Waals surface area (Å²) in [4.78, 5) is 52.9. The van der Waals surface area contributed by atoms with E-state index in [1.807, 2.05) is 60.7 Å². The maximum Gasteiger partial charge on any atom is 0.295 e. The van der Waals surface area contributed by atoms with Crippen LogP contribution in [0.2, 0.25) is 0 Å². The maximum absolute atomic E-state index is 13.2. The SMILES string of the molecule is Cc1c(NC(=O)c2ccc3cc(C(=O)Nc4c(C)n(C)n(-c5ccccc5)c4=O)ccc3c2)c(=O)n(-c2ccccc2)n1C. The van der Waals surface area contributed by atoms with Crippen molar-refractivity contribution in [2.24, 2.45) is 14.1 Å². The van der Waals surface area contributed by atoms with Gasteiger partial charge in [-0.2, -0.15) is 0 Å². The van der Waals surface area contributed by atoms with Gasteiger partial charge in [0.25, 0.3) is 22.9 Å². The molecule has 0 spiro atoms. The zero-order chi connectivity index (χ0) is 31.1. The molecule has 0 saturated carbocycles. The van der Waals surface area contributed by atoms with Gasteiger partial charge in [-0.15, -0.1) is 0 Å². The van der Waals surface area contributed by atoms with Gasteiger partial charge in [0.1, 0.15) is 11.4 Å². The van der Waals surface area contributed by atoms with Gasteiger partial charge in [-0.25, -0.2) is 9.36 Å². The quantitative estimate of drug-likeness (QED) is 0.288. The molecule has 6 aromatic rings. The van der Waals surface area contributed by atoms with Crippen LogP contribution in [0.15, 0.2) is 107 Å². The molecule has 6 rings (SSSR count). The molecule has 4 aromatic carbocycles. The summed E-state index contributed by atoms with van der Waals surface area (Å²) in [5, 5.41) is 7.05. The van der Waals surface area contributed by atoms with Crippen molar-refractivity contribution < 1.29 is 9.59 Å². The molecule has 0 aliphatic rings. The van der Waals surface area contributed by atoms with Gasteiger partial charge in [0.05, 0.1) is 22.8 Å². The van der Waals surface area contributed by atoms with Gasteiger partial charge in [-0.3, -0.25) is 28.5 Å². The highest BCUT2D eigenvalue weighted by Crippen LogP contribution is 2.22. The van der Waals surface area contributed by atoms with Crippen molar-refractivity contribution in [1.29, 1.82) is 0 Å². The molecule has 0 radical (unpaired) electrons. The van der Waals surface area contributed by atoms with Crippen LogP contribution in [0.25, 0.3) is 22.1 Å². The number of anilines is 2. The highest BCUT2D eigenvalue weighted by molar-refractivity contribution is 6.09. The summed E-state index contributed by atoms with van der Waals surface area (Å²) in [7, 11) is 3.53. The van der Waals surface area contributed by atoms with E-state index < -0.39 is 11.8 Å². The molecule has 2 aromatic heterocycles. The first-order chi connectivity index (χ1) is 21.2. The topological polar surface area (TPSA) is 112 Å². The molecule has 0 aliphatic heterocycles. The van der Waals surface area contributed by atoms with E-state index in [0.717, 1.165) is 10.8 Å². The minimum absolute atomic E-state index is 0.205. The average molecular weight is 587 g/mol. The lowest BCUT2D eigenvalue weighted by atomic mass is 10.0. The number of aromatic nitrogens is 4. The van der Waals surface area contributed by atoms with Gasteiger partial charge in [-0.05, 0) is 73.2 Å². The van der Waals surface area contributed by atoms with Crippen molar-refractivity contribution in [3.05, 3.63) is 140 Å². The van der Waals surface area contributed by atoms with Crippen LogP contribution in [0.5, 0.6) is 0 Å². The van der Waals surface area contributed by atoms with Gasteiger partial charge in [0.15, 0.2) is 0 Å². The van der Waals surface area contributed by atoms with E-state index in [2.05, 4.69) is 10.6 Å². The van der Waals surface area contributed by atoms with Crippen molar-refractivity contribution in [3.63, 3.8) is 0 Å². The van der Waals surface area contributed by atoms with Crippen LogP contribution in [-0.4, -0.2) is 30.5 Å². The number of hydrogen-bond donors (Lipinski definition) is 2. The molecule has 10 heteroatoms. The minimum Gasteiger partial charge on any atom is -0.316 e. The Kier molecular flexibility index (Phi) is 7.10. The number of para-hydroxylation sites is 2. The Morgan fingerprint density at radius 2 is 0.909 bits per heavy atom. The number of carbonyl (C=O) groups is 2. The van der Waals surface area contributed by atoms with E-state index in [4.69, 9.17) is 0 Å². The fourth-order valence-corrected chi connectivity index (χ4v) is 5.32. The van der Waals surface area contributed by atoms with Crippen molar-refractivity contribution in [2.45, 2.75) is 13.8 Å². The zero-order valence-corrected chi connectivity index (χ0v) is 24.7. The largest absolute Gasteiger partial charge is 0.316 e. The minimum atomic E-state index is -0.422. The normalized spacial score (nSPS) is 11.1. The van der Waals surface area contributed by atoms with E-state index in [0.29, 0.717) is 33.9 Å². The van der Waals surface area contributed by atoms with Gasteiger partial charge in [-0.1, -0.05) is 48.5 Å². The van der Waals surface area contributed by atoms with E-state index >= 15 is 0 Å². The van der Waals surface area contributed by atoms with Crippen LogP contribution in [-0.2, 0) is 14.1 Å². The molecule has 220 valence electrons. The fraction of sp³-hybridized carbons (Fsp3) is 0.118. The van der Waals surface area contributed by atoms with Gasteiger partial charge in [0, 0.05) is 25.2 Å². The summed E-state index contributed by atoms with van der Waals surface area (Å²) in [6.07, 6.45) is 0. The second-order valence-electron chi connectivity index (χ2n) is 10.6. The predicted octanol–water partition coefficient (Wildman–Crippen LogP) is 4.94. The van der Waals surface area contributed by atoms with Crippen molar-refractivity contribution in [2.75, 3.05) is 10.6 Å². The number of amides is 2. The van der Waals surface area contributed by atoms with Crippen LogP contribution in [0.4, 0.5) is 11.4 Å². The van der Waals surface area contributed by atoms with Crippen molar-refractivity contribution >= 4 is 34.0 Å². The average Bonchev–Trinajstić information content (AvgIpc) is 3.38. The van der Waals surface area contributed by atoms with E-state index in [1.54, 1.807) is 73.7 Å². The Morgan fingerprint density at radius 3 is 1.27 bits per heavy atom. The standard InChI is InChI=1S/C34H30N6O4/c1-21-29(33(43)39(37(21)3)27-11-7-5-8-12-27)35-31(41)25-17-15-24-20-26(18-16-23(24)19-25)32(42)36-30-22(2)38(4)40(34(30)44)28-13-9-6-10-14-28/h5-20H,1-4H3,(H,35,41)(H,36,42). The molecular formula is C34H30N6O4. The molecule has 10 nitrogen and oxygen atoms in total. The molecule has 0 saturated heterocycles. The number of fused-ring (bicyclic) bond motifs is 1. The first kappa shape index (κ1) is 28.2. The third kappa shape index (κ3) is 4.82. The highest BCUT2D eigenvalue weighted by Gasteiger charge is 2.21. The molecule has 44 heavy (non-hydrogen) atoms. The van der Waals surface area contributed by atoms with Crippen LogP contribution < -0.4 is 21.8 Å². The number of nitrogens with zero attached hydrogens (tertiary/aromatic N) is 4. The van der Waals surface area contributed by atoms with Crippen molar-refractivity contribution in [1.82, 2.24) is 18.7 Å². The Balaban J connectivity index is 1.24. The second-order valence-corrected chi connectivity index (χ2v) is 10.6. The third-order valence-corrected chi connectivity index (χ3v) is 7.95. The Labute approximate surface area is 252 Å². The van der Waals surface area contributed by atoms with E-state index in [1.165, 1.54) is 9.36 Å². The molecule has 0 atom stereocenters.